The van der Waals surface area contributed by atoms with Crippen LogP contribution in [0, 0.1) is 6.92 Å². The summed E-state index contributed by atoms with van der Waals surface area (Å²) < 4.78 is 0. The number of nitrogens with one attached hydrogen (secondary N) is 1. The van der Waals surface area contributed by atoms with Crippen LogP contribution >= 0.6 is 0 Å². The van der Waals surface area contributed by atoms with E-state index in [9.17, 15) is 0 Å². The molecule has 1 aliphatic rings. The minimum Gasteiger partial charge on any atom is -0.357 e. The van der Waals surface area contributed by atoms with Gasteiger partial charge in [-0.25, -0.2) is 4.98 Å². The van der Waals surface area contributed by atoms with Crippen LogP contribution in [-0.4, -0.2) is 29.1 Å². The van der Waals surface area contributed by atoms with Crippen LogP contribution in [0.1, 0.15) is 24.0 Å². The molecule has 4 nitrogen and oxygen atoms in total. The first-order valence-electron chi connectivity index (χ1n) is 7.62. The molecule has 3 rings (SSSR count). The van der Waals surface area contributed by atoms with Gasteiger partial charge in [0.1, 0.15) is 5.82 Å². The second kappa shape index (κ2) is 6.68. The molecule has 2 aromatic heterocycles. The largest absolute Gasteiger partial charge is 0.357 e. The van der Waals surface area contributed by atoms with Gasteiger partial charge in [-0.2, -0.15) is 0 Å². The molecule has 0 spiro atoms. The molecule has 4 heteroatoms. The van der Waals surface area contributed by atoms with E-state index in [2.05, 4.69) is 45.3 Å². The number of hydrogen-bond acceptors (Lipinski definition) is 4. The Balaban J connectivity index is 1.49. The number of aryl methyl sites for hydroxylation is 1. The number of nitrogens with zero attached hydrogens (tertiary/aromatic N) is 3. The zero-order valence-corrected chi connectivity index (χ0v) is 12.5. The van der Waals surface area contributed by atoms with E-state index in [0.29, 0.717) is 6.04 Å². The average molecular weight is 282 g/mol. The Kier molecular flexibility index (Phi) is 4.46. The Morgan fingerprint density at radius 3 is 2.76 bits per heavy atom. The first-order valence-corrected chi connectivity index (χ1v) is 7.62. The van der Waals surface area contributed by atoms with Crippen LogP contribution in [0.3, 0.4) is 0 Å². The van der Waals surface area contributed by atoms with E-state index in [1.54, 1.807) is 0 Å². The molecule has 2 aromatic rings. The third-order valence-corrected chi connectivity index (χ3v) is 4.20. The maximum atomic E-state index is 4.43. The first kappa shape index (κ1) is 14.0. The lowest BCUT2D eigenvalue weighted by molar-refractivity contribution is 0.412. The highest BCUT2D eigenvalue weighted by Crippen LogP contribution is 2.17. The topological polar surface area (TPSA) is 41.1 Å². The molecule has 0 aliphatic carbocycles. The van der Waals surface area contributed by atoms with Crippen LogP contribution < -0.4 is 10.2 Å². The zero-order chi connectivity index (χ0) is 14.5. The van der Waals surface area contributed by atoms with Gasteiger partial charge in [0.2, 0.25) is 0 Å². The third kappa shape index (κ3) is 3.58. The summed E-state index contributed by atoms with van der Waals surface area (Å²) >= 11 is 0. The van der Waals surface area contributed by atoms with Crippen molar-refractivity contribution in [2.45, 2.75) is 32.4 Å². The van der Waals surface area contributed by atoms with Crippen LogP contribution in [-0.2, 0) is 6.54 Å². The number of piperidine rings is 1. The predicted octanol–water partition coefficient (Wildman–Crippen LogP) is 2.54. The molecular weight excluding hydrogens is 260 g/mol. The lowest BCUT2D eigenvalue weighted by Gasteiger charge is -2.33. The van der Waals surface area contributed by atoms with Crippen molar-refractivity contribution < 1.29 is 0 Å². The van der Waals surface area contributed by atoms with Crippen molar-refractivity contribution in [2.75, 3.05) is 18.0 Å². The molecule has 110 valence electrons. The van der Waals surface area contributed by atoms with Gasteiger partial charge < -0.3 is 10.2 Å². The zero-order valence-electron chi connectivity index (χ0n) is 12.5. The lowest BCUT2D eigenvalue weighted by atomic mass is 10.0. The van der Waals surface area contributed by atoms with E-state index in [-0.39, 0.29) is 0 Å². The maximum absolute atomic E-state index is 4.43. The van der Waals surface area contributed by atoms with Gasteiger partial charge in [0.05, 0.1) is 0 Å². The highest BCUT2D eigenvalue weighted by atomic mass is 15.2. The molecular formula is C17H22N4. The van der Waals surface area contributed by atoms with E-state index >= 15 is 0 Å². The molecule has 1 saturated heterocycles. The van der Waals surface area contributed by atoms with Gasteiger partial charge >= 0.3 is 0 Å². The molecule has 0 amide bonds. The maximum Gasteiger partial charge on any atom is 0.128 e. The minimum atomic E-state index is 0.588. The highest BCUT2D eigenvalue weighted by Gasteiger charge is 2.19. The average Bonchev–Trinajstić information content (AvgIpc) is 2.55. The van der Waals surface area contributed by atoms with Crippen molar-refractivity contribution in [3.05, 3.63) is 54.0 Å². The monoisotopic (exact) mass is 282 g/mol. The molecule has 0 saturated carbocycles. The van der Waals surface area contributed by atoms with Crippen LogP contribution in [0.5, 0.6) is 0 Å². The molecule has 0 radical (unpaired) electrons. The van der Waals surface area contributed by atoms with Crippen molar-refractivity contribution >= 4 is 5.82 Å². The van der Waals surface area contributed by atoms with Crippen LogP contribution in [0.4, 0.5) is 5.82 Å². The van der Waals surface area contributed by atoms with Crippen molar-refractivity contribution in [1.82, 2.24) is 15.3 Å². The van der Waals surface area contributed by atoms with Crippen molar-refractivity contribution in [2.24, 2.45) is 0 Å². The molecule has 0 atom stereocenters. The molecule has 0 bridgehead atoms. The molecule has 1 aliphatic heterocycles. The Bertz CT molecular complexity index is 562. The summed E-state index contributed by atoms with van der Waals surface area (Å²) in [7, 11) is 0. The smallest absolute Gasteiger partial charge is 0.128 e. The summed E-state index contributed by atoms with van der Waals surface area (Å²) in [6, 6.07) is 8.77. The Labute approximate surface area is 126 Å². The van der Waals surface area contributed by atoms with Crippen LogP contribution in [0.15, 0.2) is 42.9 Å². The normalized spacial score (nSPS) is 16.1. The summed E-state index contributed by atoms with van der Waals surface area (Å²) in [6.45, 7) is 5.19. The molecule has 0 aromatic carbocycles. The standard InChI is InChI=1S/C17H22N4/c1-14-5-9-18-12-15(14)13-20-16-6-10-21(11-7-16)17-4-2-3-8-19-17/h2-5,8-9,12,16,20H,6-7,10-11,13H2,1H3. The Hall–Kier alpha value is -1.94. The van der Waals surface area contributed by atoms with Gasteiger partial charge in [-0.3, -0.25) is 4.98 Å². The summed E-state index contributed by atoms with van der Waals surface area (Å²) in [6.07, 6.45) is 8.01. The van der Waals surface area contributed by atoms with Gasteiger partial charge in [0, 0.05) is 44.3 Å². The van der Waals surface area contributed by atoms with E-state index in [1.165, 1.54) is 11.1 Å². The second-order valence-electron chi connectivity index (χ2n) is 5.63. The van der Waals surface area contributed by atoms with Crippen LogP contribution in [0.25, 0.3) is 0 Å². The summed E-state index contributed by atoms with van der Waals surface area (Å²) in [4.78, 5) is 11.0. The Morgan fingerprint density at radius 1 is 1.19 bits per heavy atom. The summed E-state index contributed by atoms with van der Waals surface area (Å²) in [5, 5.41) is 3.66. The quantitative estimate of drug-likeness (QED) is 0.935. The number of rotatable bonds is 4. The number of aromatic nitrogens is 2. The van der Waals surface area contributed by atoms with E-state index in [0.717, 1.165) is 38.3 Å². The summed E-state index contributed by atoms with van der Waals surface area (Å²) in [5.74, 6) is 1.10. The van der Waals surface area contributed by atoms with Crippen molar-refractivity contribution in [3.63, 3.8) is 0 Å². The molecule has 0 unspecified atom stereocenters. The van der Waals surface area contributed by atoms with E-state index < -0.39 is 0 Å². The SMILES string of the molecule is Cc1ccncc1CNC1CCN(c2ccccn2)CC1. The predicted molar refractivity (Wildman–Crippen MR) is 85.3 cm³/mol. The van der Waals surface area contributed by atoms with Crippen molar-refractivity contribution in [3.8, 4) is 0 Å². The fraction of sp³-hybridized carbons (Fsp3) is 0.412. The lowest BCUT2D eigenvalue weighted by Crippen LogP contribution is -2.42. The summed E-state index contributed by atoms with van der Waals surface area (Å²) in [5.41, 5.74) is 2.60. The van der Waals surface area contributed by atoms with Crippen molar-refractivity contribution in [1.29, 1.82) is 0 Å². The van der Waals surface area contributed by atoms with Gasteiger partial charge in [0.25, 0.3) is 0 Å². The molecule has 1 fully saturated rings. The first-order chi connectivity index (χ1) is 10.3. The fourth-order valence-electron chi connectivity index (χ4n) is 2.79. The van der Waals surface area contributed by atoms with Gasteiger partial charge in [0.15, 0.2) is 0 Å². The van der Waals surface area contributed by atoms with Gasteiger partial charge in [-0.15, -0.1) is 0 Å². The van der Waals surface area contributed by atoms with Crippen LogP contribution in [0.2, 0.25) is 0 Å². The fourth-order valence-corrected chi connectivity index (χ4v) is 2.79. The van der Waals surface area contributed by atoms with Gasteiger partial charge in [-0.1, -0.05) is 6.07 Å². The van der Waals surface area contributed by atoms with Gasteiger partial charge in [-0.05, 0) is 49.1 Å². The minimum absolute atomic E-state index is 0.588. The molecule has 3 heterocycles. The second-order valence-corrected chi connectivity index (χ2v) is 5.63. The molecule has 21 heavy (non-hydrogen) atoms. The third-order valence-electron chi connectivity index (χ3n) is 4.20. The highest BCUT2D eigenvalue weighted by molar-refractivity contribution is 5.38. The number of pyridine rings is 2. The van der Waals surface area contributed by atoms with E-state index in [4.69, 9.17) is 0 Å². The number of hydrogen-bond donors (Lipinski definition) is 1. The molecule has 1 N–H and O–H groups in total. The Morgan fingerprint density at radius 2 is 2.05 bits per heavy atom. The number of anilines is 1. The van der Waals surface area contributed by atoms with E-state index in [1.807, 2.05) is 24.7 Å².